The zero-order valence-corrected chi connectivity index (χ0v) is 14.6. The monoisotopic (exact) mass is 309 g/mol. The van der Waals surface area contributed by atoms with Crippen LogP contribution in [0.4, 0.5) is 0 Å². The van der Waals surface area contributed by atoms with Crippen LogP contribution in [0.3, 0.4) is 0 Å². The Hall–Kier alpha value is -0.810. The van der Waals surface area contributed by atoms with Gasteiger partial charge in [0.2, 0.25) is 0 Å². The van der Waals surface area contributed by atoms with Crippen molar-refractivity contribution in [1.29, 1.82) is 0 Å². The molecule has 0 bridgehead atoms. The molecular formula is C17H35N5. The molecule has 5 nitrogen and oxygen atoms in total. The number of piperidine rings is 1. The van der Waals surface area contributed by atoms with E-state index in [1.807, 2.05) is 0 Å². The molecule has 2 saturated heterocycles. The average molecular weight is 310 g/mol. The summed E-state index contributed by atoms with van der Waals surface area (Å²) in [6.07, 6.45) is 6.46. The SMILES string of the molecule is CCN1CCCC1CN=C(N)NCCCN1CCCC(C)C1. The number of likely N-dealkylation sites (N-methyl/N-ethyl adjacent to an activating group) is 1. The van der Waals surface area contributed by atoms with Gasteiger partial charge in [0.25, 0.3) is 0 Å². The van der Waals surface area contributed by atoms with E-state index in [1.165, 1.54) is 51.9 Å². The first-order chi connectivity index (χ1) is 10.7. The van der Waals surface area contributed by atoms with Crippen molar-refractivity contribution in [3.05, 3.63) is 0 Å². The molecule has 2 aliphatic rings. The van der Waals surface area contributed by atoms with E-state index < -0.39 is 0 Å². The van der Waals surface area contributed by atoms with E-state index in [4.69, 9.17) is 5.73 Å². The summed E-state index contributed by atoms with van der Waals surface area (Å²) in [6.45, 7) is 12.4. The van der Waals surface area contributed by atoms with Gasteiger partial charge in [-0.05, 0) is 64.2 Å². The minimum atomic E-state index is 0.597. The van der Waals surface area contributed by atoms with Crippen LogP contribution in [0, 0.1) is 5.92 Å². The van der Waals surface area contributed by atoms with Gasteiger partial charge in [-0.25, -0.2) is 0 Å². The van der Waals surface area contributed by atoms with Gasteiger partial charge in [0, 0.05) is 19.1 Å². The number of nitrogens with one attached hydrogen (secondary N) is 1. The average Bonchev–Trinajstić information content (AvgIpc) is 2.97. The van der Waals surface area contributed by atoms with E-state index in [-0.39, 0.29) is 0 Å². The van der Waals surface area contributed by atoms with Gasteiger partial charge in [-0.2, -0.15) is 0 Å². The molecule has 2 unspecified atom stereocenters. The molecule has 22 heavy (non-hydrogen) atoms. The molecule has 0 aliphatic carbocycles. The quantitative estimate of drug-likeness (QED) is 0.425. The van der Waals surface area contributed by atoms with Gasteiger partial charge in [-0.3, -0.25) is 9.89 Å². The number of likely N-dealkylation sites (tertiary alicyclic amines) is 2. The second-order valence-electron chi connectivity index (χ2n) is 6.98. The van der Waals surface area contributed by atoms with E-state index in [0.29, 0.717) is 12.0 Å². The first kappa shape index (κ1) is 17.5. The second kappa shape index (κ2) is 9.36. The number of hydrogen-bond donors (Lipinski definition) is 2. The molecule has 128 valence electrons. The minimum absolute atomic E-state index is 0.597. The van der Waals surface area contributed by atoms with Crippen LogP contribution in [0.5, 0.6) is 0 Å². The summed E-state index contributed by atoms with van der Waals surface area (Å²) in [5.74, 6) is 1.48. The highest BCUT2D eigenvalue weighted by atomic mass is 15.2. The Morgan fingerprint density at radius 2 is 2.09 bits per heavy atom. The molecular weight excluding hydrogens is 274 g/mol. The van der Waals surface area contributed by atoms with Crippen molar-refractivity contribution in [2.24, 2.45) is 16.6 Å². The third kappa shape index (κ3) is 5.76. The third-order valence-corrected chi connectivity index (χ3v) is 5.08. The van der Waals surface area contributed by atoms with Gasteiger partial charge in [0.05, 0.1) is 6.54 Å². The Morgan fingerprint density at radius 1 is 1.27 bits per heavy atom. The molecule has 2 rings (SSSR count). The molecule has 0 aromatic carbocycles. The predicted octanol–water partition coefficient (Wildman–Crippen LogP) is 1.50. The first-order valence-corrected chi connectivity index (χ1v) is 9.19. The normalized spacial score (nSPS) is 28.2. The van der Waals surface area contributed by atoms with Crippen molar-refractivity contribution < 1.29 is 0 Å². The zero-order chi connectivity index (χ0) is 15.8. The van der Waals surface area contributed by atoms with E-state index in [2.05, 4.69) is 34.0 Å². The number of rotatable bonds is 7. The zero-order valence-electron chi connectivity index (χ0n) is 14.6. The lowest BCUT2D eigenvalue weighted by Gasteiger charge is -2.30. The molecule has 0 aromatic heterocycles. The van der Waals surface area contributed by atoms with Crippen molar-refractivity contribution >= 4 is 5.96 Å². The van der Waals surface area contributed by atoms with Crippen LogP contribution in [0.25, 0.3) is 0 Å². The van der Waals surface area contributed by atoms with Crippen molar-refractivity contribution in [1.82, 2.24) is 15.1 Å². The van der Waals surface area contributed by atoms with Crippen molar-refractivity contribution in [3.8, 4) is 0 Å². The van der Waals surface area contributed by atoms with Gasteiger partial charge in [0.1, 0.15) is 0 Å². The molecule has 5 heteroatoms. The minimum Gasteiger partial charge on any atom is -0.370 e. The lowest BCUT2D eigenvalue weighted by molar-refractivity contribution is 0.182. The highest BCUT2D eigenvalue weighted by Crippen LogP contribution is 2.16. The molecule has 0 saturated carbocycles. The maximum Gasteiger partial charge on any atom is 0.188 e. The van der Waals surface area contributed by atoms with Crippen LogP contribution in [-0.4, -0.2) is 67.6 Å². The van der Waals surface area contributed by atoms with Crippen LogP contribution in [0.1, 0.15) is 46.0 Å². The van der Waals surface area contributed by atoms with E-state index in [9.17, 15) is 0 Å². The molecule has 0 radical (unpaired) electrons. The summed E-state index contributed by atoms with van der Waals surface area (Å²) >= 11 is 0. The lowest BCUT2D eigenvalue weighted by Crippen LogP contribution is -2.38. The van der Waals surface area contributed by atoms with Crippen LogP contribution < -0.4 is 11.1 Å². The largest absolute Gasteiger partial charge is 0.370 e. The van der Waals surface area contributed by atoms with E-state index >= 15 is 0 Å². The number of hydrogen-bond acceptors (Lipinski definition) is 3. The van der Waals surface area contributed by atoms with Gasteiger partial charge in [0.15, 0.2) is 5.96 Å². The highest BCUT2D eigenvalue weighted by Gasteiger charge is 2.22. The molecule has 0 amide bonds. The molecule has 2 aliphatic heterocycles. The summed E-state index contributed by atoms with van der Waals surface area (Å²) < 4.78 is 0. The third-order valence-electron chi connectivity index (χ3n) is 5.08. The fourth-order valence-electron chi connectivity index (χ4n) is 3.79. The predicted molar refractivity (Wildman–Crippen MR) is 94.2 cm³/mol. The Kier molecular flexibility index (Phi) is 7.46. The molecule has 0 aromatic rings. The van der Waals surface area contributed by atoms with E-state index in [1.54, 1.807) is 0 Å². The van der Waals surface area contributed by atoms with Crippen LogP contribution in [0.15, 0.2) is 4.99 Å². The maximum absolute atomic E-state index is 5.99. The number of aliphatic imine (C=N–C) groups is 1. The smallest absolute Gasteiger partial charge is 0.188 e. The Labute approximate surface area is 136 Å². The Bertz CT molecular complexity index is 344. The molecule has 2 fully saturated rings. The van der Waals surface area contributed by atoms with Crippen LogP contribution in [0.2, 0.25) is 0 Å². The molecule has 3 N–H and O–H groups in total. The van der Waals surface area contributed by atoms with Crippen LogP contribution in [-0.2, 0) is 0 Å². The van der Waals surface area contributed by atoms with Crippen molar-refractivity contribution in [3.63, 3.8) is 0 Å². The topological polar surface area (TPSA) is 56.9 Å². The van der Waals surface area contributed by atoms with Gasteiger partial charge in [-0.15, -0.1) is 0 Å². The molecule has 0 spiro atoms. The number of guanidine groups is 1. The van der Waals surface area contributed by atoms with Crippen LogP contribution >= 0.6 is 0 Å². The lowest BCUT2D eigenvalue weighted by atomic mass is 10.0. The van der Waals surface area contributed by atoms with Gasteiger partial charge < -0.3 is 16.0 Å². The fraction of sp³-hybridized carbons (Fsp3) is 0.941. The Morgan fingerprint density at radius 3 is 2.86 bits per heavy atom. The first-order valence-electron chi connectivity index (χ1n) is 9.19. The summed E-state index contributed by atoms with van der Waals surface area (Å²) in [7, 11) is 0. The standard InChI is InChI=1S/C17H35N5/c1-3-22-12-5-8-16(22)13-20-17(18)19-9-6-11-21-10-4-7-15(2)14-21/h15-16H,3-14H2,1-2H3,(H3,18,19,20). The summed E-state index contributed by atoms with van der Waals surface area (Å²) in [6, 6.07) is 0.597. The summed E-state index contributed by atoms with van der Waals surface area (Å²) in [5.41, 5.74) is 5.99. The van der Waals surface area contributed by atoms with Crippen molar-refractivity contribution in [2.45, 2.75) is 52.0 Å². The second-order valence-corrected chi connectivity index (χ2v) is 6.98. The summed E-state index contributed by atoms with van der Waals surface area (Å²) in [5, 5.41) is 3.27. The van der Waals surface area contributed by atoms with Gasteiger partial charge >= 0.3 is 0 Å². The molecule has 2 atom stereocenters. The highest BCUT2D eigenvalue weighted by molar-refractivity contribution is 5.77. The number of nitrogens with zero attached hydrogens (tertiary/aromatic N) is 3. The number of nitrogens with two attached hydrogens (primary N) is 1. The van der Waals surface area contributed by atoms with E-state index in [0.717, 1.165) is 32.0 Å². The van der Waals surface area contributed by atoms with Crippen molar-refractivity contribution in [2.75, 3.05) is 45.8 Å². The molecule has 2 heterocycles. The Balaban J connectivity index is 1.57. The summed E-state index contributed by atoms with van der Waals surface area (Å²) in [4.78, 5) is 9.62. The van der Waals surface area contributed by atoms with Gasteiger partial charge in [-0.1, -0.05) is 13.8 Å². The fourth-order valence-corrected chi connectivity index (χ4v) is 3.79. The maximum atomic E-state index is 5.99.